The third-order valence-corrected chi connectivity index (χ3v) is 4.40. The van der Waals surface area contributed by atoms with Crippen molar-refractivity contribution in [2.24, 2.45) is 0 Å². The average Bonchev–Trinajstić information content (AvgIpc) is 3.20. The summed E-state index contributed by atoms with van der Waals surface area (Å²) in [5, 5.41) is 2.78. The first-order valence-corrected chi connectivity index (χ1v) is 8.87. The van der Waals surface area contributed by atoms with Gasteiger partial charge in [0.25, 0.3) is 5.91 Å². The monoisotopic (exact) mass is 393 g/mol. The first-order valence-electron chi connectivity index (χ1n) is 8.87. The Balaban J connectivity index is 1.48. The zero-order chi connectivity index (χ0) is 19.9. The maximum atomic E-state index is 12.7. The number of carbonyl (C=O) groups is 2. The fourth-order valence-corrected chi connectivity index (χ4v) is 2.98. The van der Waals surface area contributed by atoms with Gasteiger partial charge in [-0.25, -0.2) is 0 Å². The number of rotatable bonds is 7. The van der Waals surface area contributed by atoms with Crippen molar-refractivity contribution in [2.45, 2.75) is 13.2 Å². The summed E-state index contributed by atoms with van der Waals surface area (Å²) in [6, 6.07) is 9.48. The van der Waals surface area contributed by atoms with Crippen molar-refractivity contribution in [3.8, 4) is 5.75 Å². The van der Waals surface area contributed by atoms with E-state index in [0.717, 1.165) is 0 Å². The molecular formula is C19H21F2N3O4. The summed E-state index contributed by atoms with van der Waals surface area (Å²) in [4.78, 5) is 28.2. The van der Waals surface area contributed by atoms with Gasteiger partial charge in [0.05, 0.1) is 24.9 Å². The number of hydrogen-bond acceptors (Lipinski definition) is 5. The average molecular weight is 393 g/mol. The van der Waals surface area contributed by atoms with Gasteiger partial charge in [0, 0.05) is 26.2 Å². The Labute approximate surface area is 160 Å². The second kappa shape index (κ2) is 9.32. The van der Waals surface area contributed by atoms with Gasteiger partial charge in [0.1, 0.15) is 11.5 Å². The van der Waals surface area contributed by atoms with E-state index >= 15 is 0 Å². The van der Waals surface area contributed by atoms with E-state index in [9.17, 15) is 18.4 Å². The lowest BCUT2D eigenvalue weighted by atomic mass is 10.1. The van der Waals surface area contributed by atoms with Gasteiger partial charge in [-0.2, -0.15) is 8.78 Å². The largest absolute Gasteiger partial charge is 0.467 e. The normalized spacial score (nSPS) is 14.9. The highest BCUT2D eigenvalue weighted by Crippen LogP contribution is 2.22. The number of benzene rings is 1. The quantitative estimate of drug-likeness (QED) is 0.778. The predicted octanol–water partition coefficient (Wildman–Crippen LogP) is 1.96. The number of nitrogens with zero attached hydrogens (tertiary/aromatic N) is 2. The lowest BCUT2D eigenvalue weighted by Crippen LogP contribution is -2.51. The van der Waals surface area contributed by atoms with E-state index < -0.39 is 6.61 Å². The molecular weight excluding hydrogens is 372 g/mol. The molecule has 0 saturated carbocycles. The first-order chi connectivity index (χ1) is 13.5. The Morgan fingerprint density at radius 1 is 1.11 bits per heavy atom. The molecule has 2 amide bonds. The Bertz CT molecular complexity index is 790. The molecule has 1 aliphatic heterocycles. The topological polar surface area (TPSA) is 75.0 Å². The smallest absolute Gasteiger partial charge is 0.387 e. The molecule has 1 N–H and O–H groups in total. The lowest BCUT2D eigenvalue weighted by Gasteiger charge is -2.34. The van der Waals surface area contributed by atoms with E-state index in [1.807, 2.05) is 4.90 Å². The van der Waals surface area contributed by atoms with Crippen LogP contribution >= 0.6 is 0 Å². The maximum Gasteiger partial charge on any atom is 0.387 e. The number of carbonyl (C=O) groups excluding carboxylic acids is 2. The second-order valence-corrected chi connectivity index (χ2v) is 6.30. The molecule has 1 fully saturated rings. The van der Waals surface area contributed by atoms with Gasteiger partial charge >= 0.3 is 6.61 Å². The number of furan rings is 1. The van der Waals surface area contributed by atoms with Crippen LogP contribution in [0, 0.1) is 0 Å². The van der Waals surface area contributed by atoms with Gasteiger partial charge in [-0.1, -0.05) is 12.1 Å². The van der Waals surface area contributed by atoms with Crippen LogP contribution in [-0.4, -0.2) is 60.9 Å². The Kier molecular flexibility index (Phi) is 6.59. The summed E-state index contributed by atoms with van der Waals surface area (Å²) in [6.45, 7) is -0.639. The number of ether oxygens (including phenoxy) is 1. The van der Waals surface area contributed by atoms with Crippen LogP contribution in [0.25, 0.3) is 0 Å². The highest BCUT2D eigenvalue weighted by molar-refractivity contribution is 5.97. The van der Waals surface area contributed by atoms with Gasteiger partial charge in [0.15, 0.2) is 0 Å². The van der Waals surface area contributed by atoms with Crippen LogP contribution in [0.1, 0.15) is 16.1 Å². The summed E-state index contributed by atoms with van der Waals surface area (Å²) in [5.41, 5.74) is 0.104. The van der Waals surface area contributed by atoms with Crippen molar-refractivity contribution in [3.63, 3.8) is 0 Å². The minimum atomic E-state index is -2.99. The predicted molar refractivity (Wildman–Crippen MR) is 96.0 cm³/mol. The zero-order valence-corrected chi connectivity index (χ0v) is 15.1. The molecule has 0 radical (unpaired) electrons. The first kappa shape index (κ1) is 19.8. The molecule has 7 nitrogen and oxygen atoms in total. The van der Waals surface area contributed by atoms with Crippen LogP contribution in [0.3, 0.4) is 0 Å². The molecule has 9 heteroatoms. The fourth-order valence-electron chi connectivity index (χ4n) is 2.98. The van der Waals surface area contributed by atoms with Gasteiger partial charge in [-0.15, -0.1) is 0 Å². The van der Waals surface area contributed by atoms with Crippen LogP contribution < -0.4 is 10.1 Å². The van der Waals surface area contributed by atoms with Gasteiger partial charge in [0.2, 0.25) is 5.91 Å². The van der Waals surface area contributed by atoms with E-state index in [-0.39, 0.29) is 29.7 Å². The van der Waals surface area contributed by atoms with Crippen LogP contribution in [0.15, 0.2) is 47.1 Å². The van der Waals surface area contributed by atoms with Crippen molar-refractivity contribution in [1.29, 1.82) is 0 Å². The fraction of sp³-hybridized carbons (Fsp3) is 0.368. The Hall–Kier alpha value is -2.94. The van der Waals surface area contributed by atoms with E-state index in [0.29, 0.717) is 38.5 Å². The molecule has 0 unspecified atom stereocenters. The molecule has 1 saturated heterocycles. The second-order valence-electron chi connectivity index (χ2n) is 6.30. The molecule has 0 aliphatic carbocycles. The van der Waals surface area contributed by atoms with Gasteiger partial charge in [-0.05, 0) is 24.3 Å². The van der Waals surface area contributed by atoms with Gasteiger partial charge < -0.3 is 19.4 Å². The molecule has 0 bridgehead atoms. The van der Waals surface area contributed by atoms with E-state index in [1.54, 1.807) is 29.4 Å². The lowest BCUT2D eigenvalue weighted by molar-refractivity contribution is -0.122. The third-order valence-electron chi connectivity index (χ3n) is 4.40. The van der Waals surface area contributed by atoms with Crippen LogP contribution in [0.5, 0.6) is 5.75 Å². The molecule has 28 heavy (non-hydrogen) atoms. The zero-order valence-electron chi connectivity index (χ0n) is 15.1. The minimum absolute atomic E-state index is 0.104. The van der Waals surface area contributed by atoms with Crippen LogP contribution in [-0.2, 0) is 11.3 Å². The summed E-state index contributed by atoms with van der Waals surface area (Å²) >= 11 is 0. The number of halogens is 2. The standard InChI is InChI=1S/C19H21F2N3O4/c20-19(21)28-16-6-2-1-5-15(16)18(26)24-9-7-23(8-10-24)13-17(25)22-12-14-4-3-11-27-14/h1-6,11,19H,7-10,12-13H2,(H,22,25). The van der Waals surface area contributed by atoms with E-state index in [2.05, 4.69) is 10.1 Å². The van der Waals surface area contributed by atoms with Crippen molar-refractivity contribution in [1.82, 2.24) is 15.1 Å². The SMILES string of the molecule is O=C(CN1CCN(C(=O)c2ccccc2OC(F)F)CC1)NCc1ccco1. The summed E-state index contributed by atoms with van der Waals surface area (Å²) in [7, 11) is 0. The molecule has 0 atom stereocenters. The van der Waals surface area contributed by atoms with E-state index in [1.165, 1.54) is 18.2 Å². The summed E-state index contributed by atoms with van der Waals surface area (Å²) in [6.07, 6.45) is 1.54. The molecule has 2 aromatic rings. The summed E-state index contributed by atoms with van der Waals surface area (Å²) in [5.74, 6) is 0.0423. The molecule has 0 spiro atoms. The molecule has 150 valence electrons. The van der Waals surface area contributed by atoms with Crippen molar-refractivity contribution < 1.29 is 27.5 Å². The highest BCUT2D eigenvalue weighted by Gasteiger charge is 2.25. The highest BCUT2D eigenvalue weighted by atomic mass is 19.3. The molecule has 2 heterocycles. The minimum Gasteiger partial charge on any atom is -0.467 e. The van der Waals surface area contributed by atoms with E-state index in [4.69, 9.17) is 4.42 Å². The number of piperazine rings is 1. The molecule has 1 aromatic carbocycles. The number of amides is 2. The number of nitrogens with one attached hydrogen (secondary N) is 1. The van der Waals surface area contributed by atoms with Crippen LogP contribution in [0.2, 0.25) is 0 Å². The maximum absolute atomic E-state index is 12.7. The van der Waals surface area contributed by atoms with Crippen molar-refractivity contribution in [3.05, 3.63) is 54.0 Å². The number of hydrogen-bond donors (Lipinski definition) is 1. The summed E-state index contributed by atoms with van der Waals surface area (Å²) < 4.78 is 34.7. The van der Waals surface area contributed by atoms with Crippen molar-refractivity contribution in [2.75, 3.05) is 32.7 Å². The Morgan fingerprint density at radius 3 is 2.54 bits per heavy atom. The Morgan fingerprint density at radius 2 is 1.86 bits per heavy atom. The molecule has 3 rings (SSSR count). The molecule has 1 aliphatic rings. The number of para-hydroxylation sites is 1. The van der Waals surface area contributed by atoms with Crippen LogP contribution in [0.4, 0.5) is 8.78 Å². The molecule has 1 aromatic heterocycles. The van der Waals surface area contributed by atoms with Crippen molar-refractivity contribution >= 4 is 11.8 Å². The van der Waals surface area contributed by atoms with Gasteiger partial charge in [-0.3, -0.25) is 14.5 Å². The number of alkyl halides is 2. The third kappa shape index (κ3) is 5.29.